The topological polar surface area (TPSA) is 126 Å². The highest BCUT2D eigenvalue weighted by atomic mass is 32.2. The Kier molecular flexibility index (Phi) is 17.3. The lowest BCUT2D eigenvalue weighted by atomic mass is 10.0. The Bertz CT molecular complexity index is 1140. The van der Waals surface area contributed by atoms with Gasteiger partial charge in [-0.3, -0.25) is 28.8 Å². The second kappa shape index (κ2) is 19.2. The molecule has 2 amide bonds. The Balaban J connectivity index is 0.000000400. The predicted molar refractivity (Wildman–Crippen MR) is 169 cm³/mol. The van der Waals surface area contributed by atoms with Crippen molar-refractivity contribution in [1.82, 2.24) is 10.6 Å². The molecule has 2 rings (SSSR count). The molecule has 0 fully saturated rings. The van der Waals surface area contributed by atoms with Gasteiger partial charge >= 0.3 is 0 Å². The SMILES string of the molecule is CCSC1=CC(=O)C(=O)C(SCC)=C1CCNC(C)=O.CCSC1=CC(CCNC(C)=O)=C(SCC)C(=O)C1=O. The van der Waals surface area contributed by atoms with Gasteiger partial charge in [-0.25, -0.2) is 0 Å². The van der Waals surface area contributed by atoms with Crippen LogP contribution < -0.4 is 10.6 Å². The third-order valence-electron chi connectivity index (χ3n) is 5.19. The second-order valence-electron chi connectivity index (χ2n) is 8.23. The summed E-state index contributed by atoms with van der Waals surface area (Å²) < 4.78 is 0. The maximum absolute atomic E-state index is 12.1. The Morgan fingerprint density at radius 1 is 0.625 bits per heavy atom. The van der Waals surface area contributed by atoms with Crippen LogP contribution in [-0.2, 0) is 28.8 Å². The van der Waals surface area contributed by atoms with Gasteiger partial charge in [-0.05, 0) is 53.1 Å². The van der Waals surface area contributed by atoms with Crippen LogP contribution in [0.4, 0.5) is 0 Å². The summed E-state index contributed by atoms with van der Waals surface area (Å²) >= 11 is 5.74. The van der Waals surface area contributed by atoms with Crippen LogP contribution in [0.5, 0.6) is 0 Å². The average molecular weight is 627 g/mol. The Morgan fingerprint density at radius 2 is 1.12 bits per heavy atom. The number of hydrogen-bond acceptors (Lipinski definition) is 10. The number of hydrogen-bond donors (Lipinski definition) is 2. The van der Waals surface area contributed by atoms with Crippen molar-refractivity contribution >= 4 is 82.0 Å². The van der Waals surface area contributed by atoms with Gasteiger partial charge in [0, 0.05) is 37.9 Å². The Hall–Kier alpha value is -2.02. The molecule has 220 valence electrons. The molecule has 0 bridgehead atoms. The van der Waals surface area contributed by atoms with E-state index in [1.165, 1.54) is 55.2 Å². The van der Waals surface area contributed by atoms with E-state index in [1.807, 2.05) is 27.7 Å². The van der Waals surface area contributed by atoms with Crippen LogP contribution in [0.15, 0.2) is 42.9 Å². The summed E-state index contributed by atoms with van der Waals surface area (Å²) in [6, 6.07) is 0. The molecule has 8 nitrogen and oxygen atoms in total. The normalized spacial score (nSPS) is 15.4. The van der Waals surface area contributed by atoms with Gasteiger partial charge in [-0.1, -0.05) is 27.7 Å². The highest BCUT2D eigenvalue weighted by Gasteiger charge is 2.30. The van der Waals surface area contributed by atoms with Crippen LogP contribution in [0, 0.1) is 0 Å². The fourth-order valence-electron chi connectivity index (χ4n) is 3.59. The zero-order valence-electron chi connectivity index (χ0n) is 23.9. The molecule has 2 aliphatic carbocycles. The van der Waals surface area contributed by atoms with Gasteiger partial charge in [0.15, 0.2) is 0 Å². The molecule has 0 aromatic rings. The molecule has 0 unspecified atom stereocenters. The smallest absolute Gasteiger partial charge is 0.240 e. The van der Waals surface area contributed by atoms with E-state index in [0.29, 0.717) is 40.6 Å². The summed E-state index contributed by atoms with van der Waals surface area (Å²) in [5.74, 6) is 1.19. The predicted octanol–water partition coefficient (Wildman–Crippen LogP) is 4.62. The summed E-state index contributed by atoms with van der Waals surface area (Å²) in [4.78, 5) is 72.1. The van der Waals surface area contributed by atoms with Gasteiger partial charge in [0.1, 0.15) is 0 Å². The number of Topliss-reactive ketones (excluding diaryl/α,β-unsaturated/α-hetero) is 3. The monoisotopic (exact) mass is 626 g/mol. The van der Waals surface area contributed by atoms with Gasteiger partial charge < -0.3 is 10.6 Å². The molecule has 0 aromatic carbocycles. The van der Waals surface area contributed by atoms with Gasteiger partial charge in [-0.15, -0.1) is 47.0 Å². The molecule has 2 N–H and O–H groups in total. The van der Waals surface area contributed by atoms with Gasteiger partial charge in [-0.2, -0.15) is 0 Å². The summed E-state index contributed by atoms with van der Waals surface area (Å²) in [6.07, 6.45) is 4.37. The molecular weight excluding hydrogens is 589 g/mol. The fourth-order valence-corrected chi connectivity index (χ4v) is 7.06. The molecule has 0 atom stereocenters. The third kappa shape index (κ3) is 11.5. The fraction of sp³-hybridized carbons (Fsp3) is 0.500. The number of thioether (sulfide) groups is 4. The first-order valence-corrected chi connectivity index (χ1v) is 17.0. The molecule has 0 aromatic heterocycles. The molecule has 12 heteroatoms. The molecule has 40 heavy (non-hydrogen) atoms. The largest absolute Gasteiger partial charge is 0.356 e. The summed E-state index contributed by atoms with van der Waals surface area (Å²) in [5, 5.41) is 5.44. The standard InChI is InChI=1S/2C14H19NO3S2/c1-4-19-12-8-11(17)13(18)14(20-5-2)10(12)6-7-15-9(3)16;1-4-19-11-8-10(6-7-15-9(3)16)14(20-5-2)13(18)12(11)17/h2*8H,4-7H2,1-3H3,(H,15,16). The summed E-state index contributed by atoms with van der Waals surface area (Å²) in [6.45, 7) is 11.7. The first kappa shape index (κ1) is 36.0. The van der Waals surface area contributed by atoms with Crippen LogP contribution in [0.1, 0.15) is 54.4 Å². The van der Waals surface area contributed by atoms with Crippen LogP contribution in [-0.4, -0.2) is 71.0 Å². The van der Waals surface area contributed by atoms with E-state index >= 15 is 0 Å². The first-order chi connectivity index (χ1) is 19.0. The molecule has 0 aliphatic heterocycles. The van der Waals surface area contributed by atoms with E-state index in [9.17, 15) is 28.8 Å². The molecular formula is C28H38N2O6S4. The number of nitrogens with one attached hydrogen (secondary N) is 2. The van der Waals surface area contributed by atoms with Crippen LogP contribution in [0.3, 0.4) is 0 Å². The summed E-state index contributed by atoms with van der Waals surface area (Å²) in [7, 11) is 0. The lowest BCUT2D eigenvalue weighted by Crippen LogP contribution is -2.25. The number of carbonyl (C=O) groups is 6. The molecule has 0 radical (unpaired) electrons. The molecule has 0 saturated carbocycles. The van der Waals surface area contributed by atoms with Crippen molar-refractivity contribution in [3.8, 4) is 0 Å². The number of amides is 2. The maximum Gasteiger partial charge on any atom is 0.240 e. The Labute approximate surface area is 253 Å². The minimum atomic E-state index is -0.444. The van der Waals surface area contributed by atoms with Crippen molar-refractivity contribution in [3.05, 3.63) is 42.9 Å². The molecule has 0 heterocycles. The first-order valence-electron chi connectivity index (χ1n) is 13.1. The third-order valence-corrected chi connectivity index (χ3v) is 9.09. The van der Waals surface area contributed by atoms with E-state index in [1.54, 1.807) is 17.8 Å². The highest BCUT2D eigenvalue weighted by molar-refractivity contribution is 8.05. The summed E-state index contributed by atoms with van der Waals surface area (Å²) in [5.41, 5.74) is 1.74. The van der Waals surface area contributed by atoms with Crippen molar-refractivity contribution in [2.24, 2.45) is 0 Å². The molecule has 0 spiro atoms. The number of rotatable bonds is 14. The second-order valence-corrected chi connectivity index (χ2v) is 13.4. The van der Waals surface area contributed by atoms with Gasteiger partial charge in [0.25, 0.3) is 0 Å². The molecule has 2 aliphatic rings. The lowest BCUT2D eigenvalue weighted by Gasteiger charge is -2.19. The van der Waals surface area contributed by atoms with Gasteiger partial charge in [0.2, 0.25) is 34.9 Å². The zero-order valence-corrected chi connectivity index (χ0v) is 27.2. The number of carbonyl (C=O) groups excluding carboxylic acids is 6. The van der Waals surface area contributed by atoms with Crippen molar-refractivity contribution in [3.63, 3.8) is 0 Å². The van der Waals surface area contributed by atoms with Crippen molar-refractivity contribution in [2.45, 2.75) is 54.4 Å². The van der Waals surface area contributed by atoms with Crippen LogP contribution in [0.25, 0.3) is 0 Å². The Morgan fingerprint density at radius 3 is 1.65 bits per heavy atom. The minimum Gasteiger partial charge on any atom is -0.356 e. The van der Waals surface area contributed by atoms with E-state index in [0.717, 1.165) is 39.1 Å². The number of ketones is 4. The van der Waals surface area contributed by atoms with E-state index in [-0.39, 0.29) is 11.8 Å². The minimum absolute atomic E-state index is 0.0952. The average Bonchev–Trinajstić information content (AvgIpc) is 2.89. The van der Waals surface area contributed by atoms with E-state index in [4.69, 9.17) is 0 Å². The van der Waals surface area contributed by atoms with Crippen molar-refractivity contribution in [2.75, 3.05) is 36.1 Å². The lowest BCUT2D eigenvalue weighted by molar-refractivity contribution is -0.131. The van der Waals surface area contributed by atoms with Gasteiger partial charge in [0.05, 0.1) is 14.7 Å². The quantitative estimate of drug-likeness (QED) is 0.208. The van der Waals surface area contributed by atoms with E-state index in [2.05, 4.69) is 10.6 Å². The van der Waals surface area contributed by atoms with Crippen molar-refractivity contribution < 1.29 is 28.8 Å². The van der Waals surface area contributed by atoms with Crippen LogP contribution >= 0.6 is 47.0 Å². The molecule has 0 saturated heterocycles. The van der Waals surface area contributed by atoms with Crippen molar-refractivity contribution in [1.29, 1.82) is 0 Å². The number of allylic oxidation sites excluding steroid dienone is 6. The highest BCUT2D eigenvalue weighted by Crippen LogP contribution is 2.37. The van der Waals surface area contributed by atoms with E-state index < -0.39 is 23.1 Å². The maximum atomic E-state index is 12.1. The zero-order chi connectivity index (χ0) is 30.2. The van der Waals surface area contributed by atoms with Crippen LogP contribution in [0.2, 0.25) is 0 Å².